The molecule has 0 spiro atoms. The topological polar surface area (TPSA) is 69.9 Å². The van der Waals surface area contributed by atoms with Gasteiger partial charge in [0.1, 0.15) is 0 Å². The van der Waals surface area contributed by atoms with Crippen LogP contribution in [0.25, 0.3) is 0 Å². The molecule has 0 bridgehead atoms. The molecule has 2 atom stereocenters. The average Bonchev–Trinajstić information content (AvgIpc) is 2.96. The molecule has 0 aliphatic heterocycles. The summed E-state index contributed by atoms with van der Waals surface area (Å²) in [6, 6.07) is 10.1. The zero-order valence-electron chi connectivity index (χ0n) is 11.9. The average molecular weight is 353 g/mol. The molecule has 1 aromatic heterocycles. The predicted molar refractivity (Wildman–Crippen MR) is 81.0 cm³/mol. The van der Waals surface area contributed by atoms with E-state index in [9.17, 15) is 4.79 Å². The fourth-order valence-electron chi connectivity index (χ4n) is 1.89. The van der Waals surface area contributed by atoms with Crippen molar-refractivity contribution in [3.8, 4) is 0 Å². The van der Waals surface area contributed by atoms with Gasteiger partial charge in [-0.3, -0.25) is 4.79 Å². The standard InChI is InChI=1S/C14H17BrN4O2/c1-3-21-14(20)12(15)13-16-18-19(17-13)9-10(2)11-7-5-4-6-8-11/h4-8,10,12H,3,9H2,1-2H3. The highest BCUT2D eigenvalue weighted by molar-refractivity contribution is 9.09. The lowest BCUT2D eigenvalue weighted by molar-refractivity contribution is -0.142. The van der Waals surface area contributed by atoms with E-state index in [1.54, 1.807) is 6.92 Å². The number of esters is 1. The van der Waals surface area contributed by atoms with E-state index in [4.69, 9.17) is 4.74 Å². The second-order valence-corrected chi connectivity index (χ2v) is 5.54. The summed E-state index contributed by atoms with van der Waals surface area (Å²) in [6.07, 6.45) is 0. The monoisotopic (exact) mass is 352 g/mol. The van der Waals surface area contributed by atoms with Crippen LogP contribution in [-0.4, -0.2) is 32.8 Å². The molecule has 2 unspecified atom stereocenters. The largest absolute Gasteiger partial charge is 0.465 e. The first-order valence-corrected chi connectivity index (χ1v) is 7.66. The number of benzene rings is 1. The first-order chi connectivity index (χ1) is 10.1. The van der Waals surface area contributed by atoms with Crippen LogP contribution in [0, 0.1) is 0 Å². The second-order valence-electron chi connectivity index (χ2n) is 4.63. The summed E-state index contributed by atoms with van der Waals surface area (Å²) in [7, 11) is 0. The van der Waals surface area contributed by atoms with Crippen LogP contribution in [0.5, 0.6) is 0 Å². The number of aromatic nitrogens is 4. The molecule has 1 heterocycles. The van der Waals surface area contributed by atoms with Crippen molar-refractivity contribution in [3.05, 3.63) is 41.7 Å². The lowest BCUT2D eigenvalue weighted by Gasteiger charge is -2.10. The van der Waals surface area contributed by atoms with E-state index in [1.165, 1.54) is 10.4 Å². The number of ether oxygens (including phenoxy) is 1. The summed E-state index contributed by atoms with van der Waals surface area (Å²) in [5, 5.41) is 12.1. The van der Waals surface area contributed by atoms with Gasteiger partial charge < -0.3 is 4.74 Å². The van der Waals surface area contributed by atoms with Gasteiger partial charge in [-0.25, -0.2) is 0 Å². The van der Waals surface area contributed by atoms with Crippen LogP contribution in [0.4, 0.5) is 0 Å². The Kier molecular flexibility index (Phi) is 5.44. The molecule has 2 aromatic rings. The van der Waals surface area contributed by atoms with Gasteiger partial charge in [0.2, 0.25) is 0 Å². The summed E-state index contributed by atoms with van der Waals surface area (Å²) >= 11 is 3.22. The van der Waals surface area contributed by atoms with Gasteiger partial charge in [-0.15, -0.1) is 10.2 Å². The SMILES string of the molecule is CCOC(=O)C(Br)c1nnn(CC(C)c2ccccc2)n1. The summed E-state index contributed by atoms with van der Waals surface area (Å²) < 4.78 is 4.91. The van der Waals surface area contributed by atoms with Crippen LogP contribution >= 0.6 is 15.9 Å². The molecule has 0 fully saturated rings. The number of carbonyl (C=O) groups is 1. The molecule has 7 heteroatoms. The molecule has 0 aliphatic carbocycles. The molecular weight excluding hydrogens is 336 g/mol. The third-order valence-electron chi connectivity index (χ3n) is 2.99. The van der Waals surface area contributed by atoms with E-state index in [0.717, 1.165) is 0 Å². The maximum atomic E-state index is 11.6. The Labute approximate surface area is 131 Å². The van der Waals surface area contributed by atoms with Crippen molar-refractivity contribution in [1.29, 1.82) is 0 Å². The maximum Gasteiger partial charge on any atom is 0.327 e. The van der Waals surface area contributed by atoms with Gasteiger partial charge in [0.25, 0.3) is 0 Å². The molecule has 0 radical (unpaired) electrons. The van der Waals surface area contributed by atoms with Gasteiger partial charge >= 0.3 is 5.97 Å². The van der Waals surface area contributed by atoms with Gasteiger partial charge in [-0.05, 0) is 17.7 Å². The Balaban J connectivity index is 2.02. The molecule has 0 N–H and O–H groups in total. The van der Waals surface area contributed by atoms with Crippen LogP contribution in [0.15, 0.2) is 30.3 Å². The van der Waals surface area contributed by atoms with Gasteiger partial charge in [0.05, 0.1) is 13.2 Å². The van der Waals surface area contributed by atoms with E-state index in [1.807, 2.05) is 18.2 Å². The zero-order valence-corrected chi connectivity index (χ0v) is 13.5. The highest BCUT2D eigenvalue weighted by Gasteiger charge is 2.23. The molecule has 2 rings (SSSR count). The third-order valence-corrected chi connectivity index (χ3v) is 3.78. The van der Waals surface area contributed by atoms with E-state index >= 15 is 0 Å². The number of rotatable bonds is 6. The van der Waals surface area contributed by atoms with Crippen LogP contribution in [-0.2, 0) is 16.1 Å². The molecule has 0 aliphatic rings. The minimum atomic E-state index is -0.682. The molecular formula is C14H17BrN4O2. The van der Waals surface area contributed by atoms with Crippen molar-refractivity contribution in [3.63, 3.8) is 0 Å². The van der Waals surface area contributed by atoms with Crippen molar-refractivity contribution < 1.29 is 9.53 Å². The first-order valence-electron chi connectivity index (χ1n) is 6.75. The minimum Gasteiger partial charge on any atom is -0.465 e. The fraction of sp³-hybridized carbons (Fsp3) is 0.429. The molecule has 0 saturated heterocycles. The minimum absolute atomic E-state index is 0.254. The molecule has 112 valence electrons. The van der Waals surface area contributed by atoms with Crippen molar-refractivity contribution in [2.75, 3.05) is 6.61 Å². The number of hydrogen-bond donors (Lipinski definition) is 0. The highest BCUT2D eigenvalue weighted by atomic mass is 79.9. The summed E-state index contributed by atoms with van der Waals surface area (Å²) in [5.74, 6) is 0.159. The van der Waals surface area contributed by atoms with Crippen molar-refractivity contribution in [1.82, 2.24) is 20.2 Å². The maximum absolute atomic E-state index is 11.6. The first kappa shape index (κ1) is 15.6. The van der Waals surface area contributed by atoms with E-state index in [2.05, 4.69) is 50.4 Å². The Morgan fingerprint density at radius 3 is 2.76 bits per heavy atom. The second kappa shape index (κ2) is 7.31. The Bertz CT molecular complexity index is 588. The third kappa shape index (κ3) is 4.10. The van der Waals surface area contributed by atoms with E-state index in [-0.39, 0.29) is 5.92 Å². The van der Waals surface area contributed by atoms with Crippen LogP contribution in [0.2, 0.25) is 0 Å². The quantitative estimate of drug-likeness (QED) is 0.589. The number of tetrazole rings is 1. The Hall–Kier alpha value is -1.76. The van der Waals surface area contributed by atoms with Gasteiger partial charge in [0, 0.05) is 5.92 Å². The predicted octanol–water partition coefficient (Wildman–Crippen LogP) is 2.48. The van der Waals surface area contributed by atoms with Crippen LogP contribution in [0.3, 0.4) is 0 Å². The fourth-order valence-corrected chi connectivity index (χ4v) is 2.20. The van der Waals surface area contributed by atoms with Crippen LogP contribution < -0.4 is 0 Å². The number of hydrogen-bond acceptors (Lipinski definition) is 5. The Morgan fingerprint density at radius 2 is 2.10 bits per heavy atom. The van der Waals surface area contributed by atoms with Crippen molar-refractivity contribution in [2.45, 2.75) is 31.1 Å². The van der Waals surface area contributed by atoms with E-state index in [0.29, 0.717) is 19.0 Å². The van der Waals surface area contributed by atoms with Crippen molar-refractivity contribution in [2.24, 2.45) is 0 Å². The smallest absolute Gasteiger partial charge is 0.327 e. The molecule has 21 heavy (non-hydrogen) atoms. The zero-order chi connectivity index (χ0) is 15.2. The number of halogens is 1. The van der Waals surface area contributed by atoms with Gasteiger partial charge in [-0.2, -0.15) is 4.80 Å². The number of alkyl halides is 1. The number of carbonyl (C=O) groups excluding carboxylic acids is 1. The molecule has 0 saturated carbocycles. The summed E-state index contributed by atoms with van der Waals surface area (Å²) in [5.41, 5.74) is 1.21. The van der Waals surface area contributed by atoms with E-state index < -0.39 is 10.8 Å². The number of nitrogens with zero attached hydrogens (tertiary/aromatic N) is 4. The molecule has 1 aromatic carbocycles. The molecule has 6 nitrogen and oxygen atoms in total. The highest BCUT2D eigenvalue weighted by Crippen LogP contribution is 2.21. The Morgan fingerprint density at radius 1 is 1.38 bits per heavy atom. The lowest BCUT2D eigenvalue weighted by Crippen LogP contribution is -2.13. The van der Waals surface area contributed by atoms with Gasteiger partial charge in [-0.1, -0.05) is 53.2 Å². The van der Waals surface area contributed by atoms with Crippen molar-refractivity contribution >= 4 is 21.9 Å². The normalized spacial score (nSPS) is 13.7. The summed E-state index contributed by atoms with van der Waals surface area (Å²) in [6.45, 7) is 4.76. The van der Waals surface area contributed by atoms with Gasteiger partial charge in [0.15, 0.2) is 10.7 Å². The van der Waals surface area contributed by atoms with Crippen LogP contribution in [0.1, 0.15) is 36.0 Å². The molecule has 0 amide bonds. The summed E-state index contributed by atoms with van der Waals surface area (Å²) in [4.78, 5) is 12.4. The lowest BCUT2D eigenvalue weighted by atomic mass is 10.0.